The minimum absolute atomic E-state index is 0.384. The second-order valence-corrected chi connectivity index (χ2v) is 6.95. The van der Waals surface area contributed by atoms with Crippen LogP contribution in [0.3, 0.4) is 0 Å². The highest BCUT2D eigenvalue weighted by Crippen LogP contribution is 2.27. The molecule has 1 fully saturated rings. The van der Waals surface area contributed by atoms with Crippen molar-refractivity contribution in [2.45, 2.75) is 24.6 Å². The molecular formula is C13H20N2S2. The first-order valence-electron chi connectivity index (χ1n) is 6.00. The Hall–Kier alpha value is -0.160. The molecule has 1 aromatic rings. The molecule has 0 saturated carbocycles. The third kappa shape index (κ3) is 3.91. The van der Waals surface area contributed by atoms with E-state index < -0.39 is 0 Å². The molecule has 1 aromatic carbocycles. The normalized spacial score (nSPS) is 22.4. The summed E-state index contributed by atoms with van der Waals surface area (Å²) >= 11 is 4.10. The van der Waals surface area contributed by atoms with Crippen LogP contribution in [0, 0.1) is 6.92 Å². The Kier molecular flexibility index (Phi) is 5.22. The van der Waals surface area contributed by atoms with Gasteiger partial charge >= 0.3 is 0 Å². The van der Waals surface area contributed by atoms with Gasteiger partial charge in [0.2, 0.25) is 0 Å². The van der Waals surface area contributed by atoms with Crippen molar-refractivity contribution in [1.29, 1.82) is 0 Å². The first-order valence-corrected chi connectivity index (χ1v) is 8.21. The fourth-order valence-corrected chi connectivity index (χ4v) is 5.00. The molecule has 1 heterocycles. The van der Waals surface area contributed by atoms with Gasteiger partial charge in [-0.15, -0.1) is 0 Å². The van der Waals surface area contributed by atoms with Gasteiger partial charge in [0.15, 0.2) is 0 Å². The molecule has 0 radical (unpaired) electrons. The monoisotopic (exact) mass is 268 g/mol. The zero-order valence-electron chi connectivity index (χ0n) is 10.2. The third-order valence-corrected chi connectivity index (χ3v) is 5.96. The zero-order valence-corrected chi connectivity index (χ0v) is 11.8. The van der Waals surface area contributed by atoms with Crippen molar-refractivity contribution in [3.63, 3.8) is 0 Å². The Morgan fingerprint density at radius 2 is 2.35 bits per heavy atom. The average molecular weight is 268 g/mol. The Morgan fingerprint density at radius 1 is 1.47 bits per heavy atom. The SMILES string of the molecule is Cc1cccc(CC(NN)C2CSCCS2)c1. The maximum atomic E-state index is 5.72. The van der Waals surface area contributed by atoms with E-state index in [0.717, 1.165) is 6.42 Å². The second kappa shape index (κ2) is 6.69. The van der Waals surface area contributed by atoms with Crippen molar-refractivity contribution in [2.75, 3.05) is 17.3 Å². The Bertz CT molecular complexity index is 351. The molecule has 0 aliphatic carbocycles. The van der Waals surface area contributed by atoms with Gasteiger partial charge in [0.05, 0.1) is 0 Å². The third-order valence-electron chi connectivity index (χ3n) is 3.04. The summed E-state index contributed by atoms with van der Waals surface area (Å²) < 4.78 is 0. The molecule has 2 unspecified atom stereocenters. The zero-order chi connectivity index (χ0) is 12.1. The van der Waals surface area contributed by atoms with Crippen LogP contribution in [-0.2, 0) is 6.42 Å². The van der Waals surface area contributed by atoms with Gasteiger partial charge in [0.25, 0.3) is 0 Å². The van der Waals surface area contributed by atoms with Gasteiger partial charge < -0.3 is 0 Å². The predicted octanol–water partition coefficient (Wildman–Crippen LogP) is 2.22. The first-order chi connectivity index (χ1) is 8.29. The van der Waals surface area contributed by atoms with Crippen molar-refractivity contribution in [1.82, 2.24) is 5.43 Å². The number of rotatable bonds is 4. The fourth-order valence-electron chi connectivity index (χ4n) is 2.13. The molecule has 4 heteroatoms. The van der Waals surface area contributed by atoms with E-state index in [2.05, 4.69) is 48.4 Å². The summed E-state index contributed by atoms with van der Waals surface area (Å²) in [6.45, 7) is 2.14. The van der Waals surface area contributed by atoms with Crippen molar-refractivity contribution in [2.24, 2.45) is 5.84 Å². The number of nitrogens with one attached hydrogen (secondary N) is 1. The van der Waals surface area contributed by atoms with Gasteiger partial charge in [-0.1, -0.05) is 29.8 Å². The molecule has 94 valence electrons. The van der Waals surface area contributed by atoms with Gasteiger partial charge in [-0.05, 0) is 18.9 Å². The van der Waals surface area contributed by atoms with Crippen LogP contribution in [0.25, 0.3) is 0 Å². The molecule has 0 amide bonds. The van der Waals surface area contributed by atoms with Crippen LogP contribution in [0.4, 0.5) is 0 Å². The molecule has 2 atom stereocenters. The van der Waals surface area contributed by atoms with E-state index in [4.69, 9.17) is 5.84 Å². The van der Waals surface area contributed by atoms with Gasteiger partial charge in [0, 0.05) is 28.6 Å². The minimum atomic E-state index is 0.384. The van der Waals surface area contributed by atoms with Gasteiger partial charge in [0.1, 0.15) is 0 Å². The van der Waals surface area contributed by atoms with Crippen LogP contribution >= 0.6 is 23.5 Å². The van der Waals surface area contributed by atoms with Gasteiger partial charge in [-0.25, -0.2) is 0 Å². The molecule has 1 aliphatic rings. The summed E-state index contributed by atoms with van der Waals surface area (Å²) in [7, 11) is 0. The Balaban J connectivity index is 1.98. The van der Waals surface area contributed by atoms with E-state index in [1.54, 1.807) is 0 Å². The summed E-state index contributed by atoms with van der Waals surface area (Å²) in [5, 5.41) is 0.638. The summed E-state index contributed by atoms with van der Waals surface area (Å²) in [6.07, 6.45) is 1.02. The Labute approximate surface area is 112 Å². The standard InChI is InChI=1S/C13H20N2S2/c1-10-3-2-4-11(7-10)8-12(15-14)13-9-16-5-6-17-13/h2-4,7,12-13,15H,5-6,8-9,14H2,1H3. The van der Waals surface area contributed by atoms with Crippen LogP contribution in [0.2, 0.25) is 0 Å². The highest BCUT2D eigenvalue weighted by atomic mass is 32.2. The summed E-state index contributed by atoms with van der Waals surface area (Å²) in [5.41, 5.74) is 5.71. The highest BCUT2D eigenvalue weighted by molar-refractivity contribution is 8.06. The van der Waals surface area contributed by atoms with Crippen molar-refractivity contribution >= 4 is 23.5 Å². The lowest BCUT2D eigenvalue weighted by Gasteiger charge is -2.29. The lowest BCUT2D eigenvalue weighted by atomic mass is 10.0. The van der Waals surface area contributed by atoms with Crippen molar-refractivity contribution < 1.29 is 0 Å². The lowest BCUT2D eigenvalue weighted by Crippen LogP contribution is -2.46. The number of benzene rings is 1. The van der Waals surface area contributed by atoms with Crippen LogP contribution in [-0.4, -0.2) is 28.6 Å². The maximum Gasteiger partial charge on any atom is 0.0377 e. The van der Waals surface area contributed by atoms with Crippen LogP contribution < -0.4 is 11.3 Å². The molecule has 17 heavy (non-hydrogen) atoms. The molecule has 2 nitrogen and oxygen atoms in total. The number of nitrogens with two attached hydrogens (primary N) is 1. The van der Waals surface area contributed by atoms with Gasteiger partial charge in [-0.3, -0.25) is 11.3 Å². The van der Waals surface area contributed by atoms with E-state index in [1.807, 2.05) is 11.8 Å². The minimum Gasteiger partial charge on any atom is -0.271 e. The maximum absolute atomic E-state index is 5.72. The smallest absolute Gasteiger partial charge is 0.0377 e. The fraction of sp³-hybridized carbons (Fsp3) is 0.538. The number of hydrazine groups is 1. The van der Waals surface area contributed by atoms with E-state index in [0.29, 0.717) is 11.3 Å². The molecule has 0 spiro atoms. The van der Waals surface area contributed by atoms with Crippen molar-refractivity contribution in [3.05, 3.63) is 35.4 Å². The molecule has 1 saturated heterocycles. The van der Waals surface area contributed by atoms with E-state index >= 15 is 0 Å². The summed E-state index contributed by atoms with van der Waals surface area (Å²) in [4.78, 5) is 0. The molecule has 3 N–H and O–H groups in total. The van der Waals surface area contributed by atoms with Crippen LogP contribution in [0.5, 0.6) is 0 Å². The van der Waals surface area contributed by atoms with Crippen LogP contribution in [0.15, 0.2) is 24.3 Å². The van der Waals surface area contributed by atoms with Gasteiger partial charge in [-0.2, -0.15) is 23.5 Å². The Morgan fingerprint density at radius 3 is 3.00 bits per heavy atom. The number of hydrogen-bond donors (Lipinski definition) is 2. The second-order valence-electron chi connectivity index (χ2n) is 4.45. The molecular weight excluding hydrogens is 248 g/mol. The average Bonchev–Trinajstić information content (AvgIpc) is 2.37. The van der Waals surface area contributed by atoms with E-state index in [-0.39, 0.29) is 0 Å². The first kappa shape index (κ1) is 13.3. The number of thioether (sulfide) groups is 2. The summed E-state index contributed by atoms with van der Waals surface area (Å²) in [6, 6.07) is 9.10. The van der Waals surface area contributed by atoms with E-state index in [9.17, 15) is 0 Å². The molecule has 1 aliphatic heterocycles. The largest absolute Gasteiger partial charge is 0.271 e. The predicted molar refractivity (Wildman–Crippen MR) is 79.6 cm³/mol. The quantitative estimate of drug-likeness (QED) is 0.649. The molecule has 0 bridgehead atoms. The number of aryl methyl sites for hydroxylation is 1. The molecule has 2 rings (SSSR count). The highest BCUT2D eigenvalue weighted by Gasteiger charge is 2.23. The van der Waals surface area contributed by atoms with E-state index in [1.165, 1.54) is 28.4 Å². The van der Waals surface area contributed by atoms with Crippen LogP contribution in [0.1, 0.15) is 11.1 Å². The summed E-state index contributed by atoms with van der Waals surface area (Å²) in [5.74, 6) is 9.46. The topological polar surface area (TPSA) is 38.0 Å². The molecule has 0 aromatic heterocycles. The number of hydrogen-bond acceptors (Lipinski definition) is 4. The lowest BCUT2D eigenvalue weighted by molar-refractivity contribution is 0.523. The van der Waals surface area contributed by atoms with Crippen molar-refractivity contribution in [3.8, 4) is 0 Å².